The van der Waals surface area contributed by atoms with E-state index in [0.717, 1.165) is 12.8 Å². The van der Waals surface area contributed by atoms with Gasteiger partial charge in [0.05, 0.1) is 34.2 Å². The van der Waals surface area contributed by atoms with Gasteiger partial charge in [0.2, 0.25) is 11.9 Å². The number of amides is 1. The van der Waals surface area contributed by atoms with E-state index in [4.69, 9.17) is 11.6 Å². The number of piperazine rings is 1. The second-order valence-corrected chi connectivity index (χ2v) is 9.35. The molecule has 2 aromatic heterocycles. The minimum absolute atomic E-state index is 0.0309. The van der Waals surface area contributed by atoms with Crippen molar-refractivity contribution in [2.75, 3.05) is 49.3 Å². The van der Waals surface area contributed by atoms with E-state index >= 15 is 0 Å². The van der Waals surface area contributed by atoms with Gasteiger partial charge in [0.25, 0.3) is 0 Å². The number of nitrogens with one attached hydrogen (secondary N) is 3. The van der Waals surface area contributed by atoms with Crippen LogP contribution in [0, 0.1) is 22.7 Å². The molecule has 1 amide bonds. The highest BCUT2D eigenvalue weighted by molar-refractivity contribution is 6.36. The van der Waals surface area contributed by atoms with E-state index in [1.165, 1.54) is 10.7 Å². The fourth-order valence-electron chi connectivity index (χ4n) is 4.09. The Balaban J connectivity index is 1.50. The molecule has 1 atom stereocenters. The lowest BCUT2D eigenvalue weighted by molar-refractivity contribution is -0.130. The highest BCUT2D eigenvalue weighted by atomic mass is 35.5. The Kier molecular flexibility index (Phi) is 6.22. The van der Waals surface area contributed by atoms with Crippen molar-refractivity contribution in [2.45, 2.75) is 24.9 Å². The number of carbonyl (C=O) groups is 1. The summed E-state index contributed by atoms with van der Waals surface area (Å²) in [5, 5.41) is 33.7. The maximum absolute atomic E-state index is 12.5. The lowest BCUT2D eigenvalue weighted by Crippen LogP contribution is -2.57. The van der Waals surface area contributed by atoms with E-state index in [1.54, 1.807) is 31.1 Å². The van der Waals surface area contributed by atoms with Gasteiger partial charge in [-0.3, -0.25) is 4.79 Å². The molecule has 3 N–H and O–H groups in total. The van der Waals surface area contributed by atoms with Crippen molar-refractivity contribution in [2.24, 2.45) is 0 Å². The number of anilines is 4. The summed E-state index contributed by atoms with van der Waals surface area (Å²) in [5.74, 6) is 0.678. The number of nitriles is 2. The van der Waals surface area contributed by atoms with E-state index < -0.39 is 0 Å². The molecule has 1 aliphatic heterocycles. The largest absolute Gasteiger partial charge is 0.367 e. The van der Waals surface area contributed by atoms with Crippen molar-refractivity contribution in [1.29, 1.82) is 10.5 Å². The molecule has 2 fully saturated rings. The van der Waals surface area contributed by atoms with E-state index in [1.807, 2.05) is 4.90 Å². The number of halogens is 1. The van der Waals surface area contributed by atoms with Crippen LogP contribution in [0.15, 0.2) is 18.3 Å². The molecule has 36 heavy (non-hydrogen) atoms. The number of hydrogen-bond acceptors (Lipinski definition) is 10. The second kappa shape index (κ2) is 9.49. The van der Waals surface area contributed by atoms with Gasteiger partial charge < -0.3 is 25.8 Å². The highest BCUT2D eigenvalue weighted by Crippen LogP contribution is 2.36. The second-order valence-electron chi connectivity index (χ2n) is 8.97. The van der Waals surface area contributed by atoms with Crippen molar-refractivity contribution in [3.05, 3.63) is 34.6 Å². The molecule has 12 nitrogen and oxygen atoms in total. The van der Waals surface area contributed by atoms with Gasteiger partial charge in [-0.15, -0.1) is 5.10 Å². The lowest BCUT2D eigenvalue weighted by atomic mass is 10.1. The van der Waals surface area contributed by atoms with Crippen LogP contribution in [0.1, 0.15) is 24.1 Å². The highest BCUT2D eigenvalue weighted by Gasteiger charge is 2.29. The first-order valence-electron chi connectivity index (χ1n) is 11.5. The van der Waals surface area contributed by atoms with E-state index in [9.17, 15) is 15.3 Å². The zero-order valence-corrected chi connectivity index (χ0v) is 20.5. The monoisotopic (exact) mass is 505 g/mol. The first-order chi connectivity index (χ1) is 17.4. The Morgan fingerprint density at radius 3 is 2.78 bits per heavy atom. The Bertz CT molecular complexity index is 1420. The van der Waals surface area contributed by atoms with E-state index in [0.29, 0.717) is 59.1 Å². The summed E-state index contributed by atoms with van der Waals surface area (Å²) in [6.07, 6.45) is 3.52. The average molecular weight is 506 g/mol. The molecule has 1 unspecified atom stereocenters. The van der Waals surface area contributed by atoms with Gasteiger partial charge in [-0.05, 0) is 25.0 Å². The number of imidazole rings is 1. The van der Waals surface area contributed by atoms with Gasteiger partial charge in [0.1, 0.15) is 12.1 Å². The molecule has 0 spiro atoms. The van der Waals surface area contributed by atoms with Gasteiger partial charge in [0, 0.05) is 39.8 Å². The molecule has 5 rings (SSSR count). The number of likely N-dealkylation sites (N-methyl/N-ethyl adjacent to an activating group) is 1. The van der Waals surface area contributed by atoms with Crippen LogP contribution in [-0.4, -0.2) is 76.2 Å². The summed E-state index contributed by atoms with van der Waals surface area (Å²) < 4.78 is 1.43. The quantitative estimate of drug-likeness (QED) is 0.451. The van der Waals surface area contributed by atoms with Crippen molar-refractivity contribution < 1.29 is 4.79 Å². The number of fused-ring (bicyclic) bond motifs is 1. The molecule has 3 aromatic rings. The Hall–Kier alpha value is -4.13. The third-order valence-corrected chi connectivity index (χ3v) is 6.48. The molecule has 2 aliphatic rings. The first kappa shape index (κ1) is 23.6. The number of hydrogen-bond donors (Lipinski definition) is 3. The van der Waals surface area contributed by atoms with E-state index in [2.05, 4.69) is 43.2 Å². The standard InChI is InChI=1S/C23H24ClN11O/c1-33(2)22(36)17-12-34(6-5-27-17)18-8-13(9-25)7-16(19(18)24)30-23-31-20(29-14-3-4-14)21-28-11-15(10-26)35(21)32-23/h7-8,11,14,17,27H,3-6,12H2,1-2H3,(H2,29,30,31,32). The first-order valence-corrected chi connectivity index (χ1v) is 11.9. The summed E-state index contributed by atoms with van der Waals surface area (Å²) in [7, 11) is 3.44. The molecule has 1 saturated heterocycles. The predicted octanol–water partition coefficient (Wildman–Crippen LogP) is 1.71. The van der Waals surface area contributed by atoms with Crippen LogP contribution in [0.3, 0.4) is 0 Å². The maximum Gasteiger partial charge on any atom is 0.247 e. The summed E-state index contributed by atoms with van der Waals surface area (Å²) in [4.78, 5) is 24.9. The third kappa shape index (κ3) is 4.56. The molecule has 0 radical (unpaired) electrons. The number of benzene rings is 1. The predicted molar refractivity (Wildman–Crippen MR) is 134 cm³/mol. The molecule has 1 aromatic carbocycles. The van der Waals surface area contributed by atoms with Crippen LogP contribution in [0.2, 0.25) is 5.02 Å². The van der Waals surface area contributed by atoms with Crippen molar-refractivity contribution in [3.8, 4) is 12.1 Å². The molecular weight excluding hydrogens is 482 g/mol. The summed E-state index contributed by atoms with van der Waals surface area (Å²) >= 11 is 6.83. The third-order valence-electron chi connectivity index (χ3n) is 6.08. The Morgan fingerprint density at radius 1 is 1.28 bits per heavy atom. The zero-order valence-electron chi connectivity index (χ0n) is 19.8. The SMILES string of the molecule is CN(C)C(=O)C1CN(c2cc(C#N)cc(Nc3nc(NC4CC4)c4ncc(C#N)n4n3)c2Cl)CCN1. The van der Waals surface area contributed by atoms with E-state index in [-0.39, 0.29) is 23.6 Å². The zero-order chi connectivity index (χ0) is 25.4. The lowest BCUT2D eigenvalue weighted by Gasteiger charge is -2.36. The molecule has 184 valence electrons. The van der Waals surface area contributed by atoms with Crippen molar-refractivity contribution in [3.63, 3.8) is 0 Å². The van der Waals surface area contributed by atoms with Gasteiger partial charge in [-0.25, -0.2) is 4.98 Å². The summed E-state index contributed by atoms with van der Waals surface area (Å²) in [6.45, 7) is 1.61. The van der Waals surface area contributed by atoms with Gasteiger partial charge in [-0.1, -0.05) is 11.6 Å². The number of rotatable bonds is 6. The van der Waals surface area contributed by atoms with Crippen LogP contribution in [0.25, 0.3) is 5.65 Å². The van der Waals surface area contributed by atoms with Crippen LogP contribution in [0.4, 0.5) is 23.1 Å². The Labute approximate surface area is 212 Å². The fourth-order valence-corrected chi connectivity index (χ4v) is 4.37. The number of nitrogens with zero attached hydrogens (tertiary/aromatic N) is 8. The molecular formula is C23H24ClN11O. The number of aromatic nitrogens is 4. The molecule has 13 heteroatoms. The normalized spacial score (nSPS) is 17.4. The minimum Gasteiger partial charge on any atom is -0.367 e. The molecule has 1 aliphatic carbocycles. The van der Waals surface area contributed by atoms with Gasteiger partial charge in [-0.2, -0.15) is 20.0 Å². The van der Waals surface area contributed by atoms with Crippen molar-refractivity contribution >= 4 is 46.3 Å². The van der Waals surface area contributed by atoms with Crippen LogP contribution < -0.4 is 20.9 Å². The number of carbonyl (C=O) groups excluding carboxylic acids is 1. The fraction of sp³-hybridized carbons (Fsp3) is 0.391. The maximum atomic E-state index is 12.5. The molecule has 1 saturated carbocycles. The van der Waals surface area contributed by atoms with Crippen LogP contribution in [0.5, 0.6) is 0 Å². The van der Waals surface area contributed by atoms with Crippen LogP contribution in [-0.2, 0) is 4.79 Å². The van der Waals surface area contributed by atoms with Crippen molar-refractivity contribution in [1.82, 2.24) is 29.8 Å². The topological polar surface area (TPSA) is 150 Å². The Morgan fingerprint density at radius 2 is 2.08 bits per heavy atom. The van der Waals surface area contributed by atoms with Crippen LogP contribution >= 0.6 is 11.6 Å². The average Bonchev–Trinajstić information content (AvgIpc) is 3.60. The molecule has 0 bridgehead atoms. The smallest absolute Gasteiger partial charge is 0.247 e. The molecule has 3 heterocycles. The minimum atomic E-state index is -0.389. The summed E-state index contributed by atoms with van der Waals surface area (Å²) in [6, 6.07) is 7.51. The van der Waals surface area contributed by atoms with Gasteiger partial charge >= 0.3 is 0 Å². The summed E-state index contributed by atoms with van der Waals surface area (Å²) in [5.41, 5.74) is 2.19. The van der Waals surface area contributed by atoms with Gasteiger partial charge in [0.15, 0.2) is 17.2 Å².